The predicted octanol–water partition coefficient (Wildman–Crippen LogP) is 2.69. The summed E-state index contributed by atoms with van der Waals surface area (Å²) in [6.45, 7) is 16.6. The third-order valence-corrected chi connectivity index (χ3v) is 3.01. The molecule has 2 rings (SSSR count). The van der Waals surface area contributed by atoms with Gasteiger partial charge in [-0.25, -0.2) is 9.59 Å². The van der Waals surface area contributed by atoms with Crippen molar-refractivity contribution >= 4 is 11.9 Å². The fourth-order valence-corrected chi connectivity index (χ4v) is 1.95. The molecular formula is C18H18FeO7. The van der Waals surface area contributed by atoms with Gasteiger partial charge in [0.1, 0.15) is 5.57 Å². The van der Waals surface area contributed by atoms with Gasteiger partial charge in [0.05, 0.1) is 0 Å². The molecule has 1 aliphatic carbocycles. The molecule has 0 radical (unpaired) electrons. The fourth-order valence-electron chi connectivity index (χ4n) is 1.95. The standard InChI is InChI=1S/C15H18O4.3CO.Fe/c1-15(2)18-13(16)12(14(17)19-15)10-5-3-4-7-11-8-6-9-11;3*1-2;/h6,8-10H,3-5,7H2,1-2H3;;;;. The molecule has 26 heavy (non-hydrogen) atoms. The monoisotopic (exact) mass is 402 g/mol. The van der Waals surface area contributed by atoms with Crippen molar-refractivity contribution in [2.45, 2.75) is 45.3 Å². The van der Waals surface area contributed by atoms with E-state index in [0.717, 1.165) is 19.3 Å². The molecule has 0 aromatic heterocycles. The Balaban J connectivity index is -0.000000686. The minimum atomic E-state index is -1.16. The van der Waals surface area contributed by atoms with Crippen LogP contribution in [0.1, 0.15) is 39.5 Å². The molecule has 1 fully saturated rings. The van der Waals surface area contributed by atoms with Crippen LogP contribution >= 0.6 is 0 Å². The van der Waals surface area contributed by atoms with Crippen LogP contribution in [0.2, 0.25) is 0 Å². The van der Waals surface area contributed by atoms with Crippen molar-refractivity contribution in [2.24, 2.45) is 0 Å². The topological polar surface area (TPSA) is 112 Å². The van der Waals surface area contributed by atoms with Gasteiger partial charge < -0.3 is 9.47 Å². The maximum atomic E-state index is 11.6. The molecule has 1 heterocycles. The third kappa shape index (κ3) is 10.7. The molecule has 0 amide bonds. The minimum absolute atomic E-state index is 0. The van der Waals surface area contributed by atoms with Crippen LogP contribution in [0.4, 0.5) is 0 Å². The number of hydrogen-bond donors (Lipinski definition) is 0. The van der Waals surface area contributed by atoms with Crippen molar-refractivity contribution in [2.75, 3.05) is 0 Å². The van der Waals surface area contributed by atoms with E-state index in [1.807, 2.05) is 6.08 Å². The van der Waals surface area contributed by atoms with Gasteiger partial charge in [-0.1, -0.05) is 24.3 Å². The van der Waals surface area contributed by atoms with Crippen LogP contribution in [0.5, 0.6) is 0 Å². The molecule has 0 aromatic carbocycles. The first-order valence-corrected chi connectivity index (χ1v) is 7.13. The first-order valence-electron chi connectivity index (χ1n) is 7.13. The SMILES string of the molecule is CC1(C)OC(=O)C(=CCCCCC2=CC=C2)C(=O)O1.[C-]#[O+].[C-]#[O+].[C-]#[O+].[Fe]. The van der Waals surface area contributed by atoms with Crippen molar-refractivity contribution in [3.8, 4) is 0 Å². The van der Waals surface area contributed by atoms with E-state index in [9.17, 15) is 9.59 Å². The molecule has 8 heteroatoms. The molecule has 0 unspecified atom stereocenters. The summed E-state index contributed by atoms with van der Waals surface area (Å²) < 4.78 is 32.5. The van der Waals surface area contributed by atoms with Gasteiger partial charge in [0.25, 0.3) is 5.79 Å². The van der Waals surface area contributed by atoms with E-state index < -0.39 is 17.7 Å². The van der Waals surface area contributed by atoms with Gasteiger partial charge >= 0.3 is 45.8 Å². The molecule has 0 aromatic rings. The molecule has 1 saturated heterocycles. The number of carbonyl (C=O) groups excluding carboxylic acids is 2. The van der Waals surface area contributed by atoms with Crippen molar-refractivity contribution in [3.63, 3.8) is 0 Å². The Morgan fingerprint density at radius 1 is 1.00 bits per heavy atom. The Bertz CT molecular complexity index is 570. The van der Waals surface area contributed by atoms with Crippen LogP contribution in [-0.2, 0) is 50.1 Å². The zero-order chi connectivity index (χ0) is 19.9. The third-order valence-electron chi connectivity index (χ3n) is 3.01. The molecule has 2 aliphatic rings. The molecule has 0 bridgehead atoms. The Labute approximate surface area is 163 Å². The van der Waals surface area contributed by atoms with Gasteiger partial charge in [-0.15, -0.1) is 0 Å². The van der Waals surface area contributed by atoms with Gasteiger partial charge in [-0.2, -0.15) is 0 Å². The Morgan fingerprint density at radius 2 is 1.46 bits per heavy atom. The number of hydrogen-bond acceptors (Lipinski definition) is 4. The quantitative estimate of drug-likeness (QED) is 0.134. The molecule has 1 aliphatic heterocycles. The van der Waals surface area contributed by atoms with Crippen molar-refractivity contribution in [1.29, 1.82) is 0 Å². The van der Waals surface area contributed by atoms with Crippen LogP contribution in [0, 0.1) is 20.0 Å². The van der Waals surface area contributed by atoms with E-state index in [1.165, 1.54) is 5.57 Å². The van der Waals surface area contributed by atoms with Gasteiger partial charge in [0, 0.05) is 30.9 Å². The van der Waals surface area contributed by atoms with E-state index in [2.05, 4.69) is 32.1 Å². The number of ether oxygens (including phenoxy) is 2. The van der Waals surface area contributed by atoms with Crippen molar-refractivity contribution in [3.05, 3.63) is 55.4 Å². The number of allylic oxidation sites excluding steroid dienone is 5. The van der Waals surface area contributed by atoms with E-state index in [0.29, 0.717) is 6.42 Å². The first-order chi connectivity index (χ1) is 12.0. The largest absolute Gasteiger partial charge is 0 e. The van der Waals surface area contributed by atoms with Crippen LogP contribution in [0.15, 0.2) is 35.5 Å². The maximum absolute atomic E-state index is 11.6. The second-order valence-corrected chi connectivity index (χ2v) is 5.14. The second kappa shape index (κ2) is 16.4. The number of cyclic esters (lactones) is 2. The fraction of sp³-hybridized carbons (Fsp3) is 0.389. The Morgan fingerprint density at radius 3 is 1.85 bits per heavy atom. The summed E-state index contributed by atoms with van der Waals surface area (Å²) in [5.74, 6) is -2.34. The summed E-state index contributed by atoms with van der Waals surface area (Å²) in [6, 6.07) is 0. The maximum Gasteiger partial charge on any atom is 0 e. The number of unbranched alkanes of at least 4 members (excludes halogenated alkanes) is 2. The Kier molecular flexibility index (Phi) is 18.1. The summed E-state index contributed by atoms with van der Waals surface area (Å²) in [4.78, 5) is 23.3. The van der Waals surface area contributed by atoms with Gasteiger partial charge in [0.15, 0.2) is 0 Å². The number of esters is 2. The first kappa shape index (κ1) is 28.7. The van der Waals surface area contributed by atoms with Gasteiger partial charge in [-0.3, -0.25) is 0 Å². The average Bonchev–Trinajstić information content (AvgIpc) is 2.56. The van der Waals surface area contributed by atoms with Crippen LogP contribution in [-0.4, -0.2) is 17.7 Å². The van der Waals surface area contributed by atoms with E-state index in [-0.39, 0.29) is 22.6 Å². The van der Waals surface area contributed by atoms with E-state index >= 15 is 0 Å². The zero-order valence-corrected chi connectivity index (χ0v) is 15.5. The van der Waals surface area contributed by atoms with Crippen LogP contribution < -0.4 is 0 Å². The average molecular weight is 402 g/mol. The van der Waals surface area contributed by atoms with E-state index in [1.54, 1.807) is 19.9 Å². The molecule has 0 atom stereocenters. The summed E-state index contributed by atoms with van der Waals surface area (Å²) >= 11 is 0. The molecule has 0 spiro atoms. The molecule has 0 saturated carbocycles. The van der Waals surface area contributed by atoms with Crippen LogP contribution in [0.3, 0.4) is 0 Å². The van der Waals surface area contributed by atoms with E-state index in [4.69, 9.17) is 23.4 Å². The minimum Gasteiger partial charge on any atom is 0 e. The normalized spacial score (nSPS) is 15.1. The number of carbonyl (C=O) groups is 2. The van der Waals surface area contributed by atoms with Crippen molar-refractivity contribution < 1.29 is 50.1 Å². The predicted molar refractivity (Wildman–Crippen MR) is 81.8 cm³/mol. The summed E-state index contributed by atoms with van der Waals surface area (Å²) in [7, 11) is 0. The molecule has 140 valence electrons. The second-order valence-electron chi connectivity index (χ2n) is 5.14. The summed E-state index contributed by atoms with van der Waals surface area (Å²) in [5, 5.41) is 0. The number of rotatable bonds is 5. The van der Waals surface area contributed by atoms with Crippen LogP contribution in [0.25, 0.3) is 0 Å². The molecule has 0 N–H and O–H groups in total. The molecular weight excluding hydrogens is 384 g/mol. The van der Waals surface area contributed by atoms with Crippen molar-refractivity contribution in [1.82, 2.24) is 0 Å². The Hall–Kier alpha value is -2.10. The smallest absolute Gasteiger partial charge is 0 e. The van der Waals surface area contributed by atoms with Gasteiger partial charge in [-0.05, 0) is 31.3 Å². The molecule has 7 nitrogen and oxygen atoms in total. The summed E-state index contributed by atoms with van der Waals surface area (Å²) in [6.07, 6.45) is 11.5. The summed E-state index contributed by atoms with van der Waals surface area (Å²) in [5.41, 5.74) is 1.37. The zero-order valence-electron chi connectivity index (χ0n) is 14.3. The van der Waals surface area contributed by atoms with Gasteiger partial charge in [0.2, 0.25) is 0 Å².